The zero-order chi connectivity index (χ0) is 14.4. The highest BCUT2D eigenvalue weighted by Gasteiger charge is 2.03. The highest BCUT2D eigenvalue weighted by atomic mass is 16.3. The van der Waals surface area contributed by atoms with Gasteiger partial charge in [-0.3, -0.25) is 0 Å². The molecule has 0 aliphatic rings. The van der Waals surface area contributed by atoms with Gasteiger partial charge in [-0.1, -0.05) is 12.1 Å². The van der Waals surface area contributed by atoms with Gasteiger partial charge in [0.15, 0.2) is 0 Å². The first-order chi connectivity index (χ1) is 9.70. The lowest BCUT2D eigenvalue weighted by Gasteiger charge is -2.13. The fourth-order valence-electron chi connectivity index (χ4n) is 1.92. The van der Waals surface area contributed by atoms with E-state index >= 15 is 0 Å². The van der Waals surface area contributed by atoms with Crippen LogP contribution in [0.5, 0.6) is 0 Å². The van der Waals surface area contributed by atoms with Crippen molar-refractivity contribution < 1.29 is 5.11 Å². The van der Waals surface area contributed by atoms with Crippen LogP contribution in [0.1, 0.15) is 5.56 Å². The molecule has 0 atom stereocenters. The highest BCUT2D eigenvalue weighted by molar-refractivity contribution is 5.66. The molecule has 5 heteroatoms. The van der Waals surface area contributed by atoms with E-state index in [1.54, 1.807) is 0 Å². The van der Waals surface area contributed by atoms with E-state index in [1.165, 1.54) is 0 Å². The second-order valence-electron chi connectivity index (χ2n) is 4.50. The van der Waals surface area contributed by atoms with Crippen molar-refractivity contribution in [3.8, 4) is 0 Å². The van der Waals surface area contributed by atoms with Crippen molar-refractivity contribution in [3.63, 3.8) is 0 Å². The minimum absolute atomic E-state index is 0.0957. The van der Waals surface area contributed by atoms with E-state index in [9.17, 15) is 0 Å². The van der Waals surface area contributed by atoms with E-state index in [2.05, 4.69) is 10.6 Å². The third-order valence-corrected chi connectivity index (χ3v) is 3.01. The summed E-state index contributed by atoms with van der Waals surface area (Å²) < 4.78 is 0. The Bertz CT molecular complexity index is 572. The fourth-order valence-corrected chi connectivity index (χ4v) is 1.92. The molecule has 2 aromatic rings. The number of nitrogens with one attached hydrogen (secondary N) is 2. The number of aliphatic hydroxyl groups excluding tert-OH is 1. The van der Waals surface area contributed by atoms with Crippen LogP contribution in [0.25, 0.3) is 0 Å². The van der Waals surface area contributed by atoms with Gasteiger partial charge in [-0.05, 0) is 35.9 Å². The van der Waals surface area contributed by atoms with Crippen LogP contribution in [0.15, 0.2) is 42.5 Å². The van der Waals surface area contributed by atoms with Gasteiger partial charge in [-0.25, -0.2) is 0 Å². The monoisotopic (exact) mass is 272 g/mol. The van der Waals surface area contributed by atoms with Gasteiger partial charge < -0.3 is 27.2 Å². The number of hydrogen-bond acceptors (Lipinski definition) is 5. The molecule has 0 heterocycles. The first-order valence-electron chi connectivity index (χ1n) is 6.52. The summed E-state index contributed by atoms with van der Waals surface area (Å²) in [5, 5.41) is 15.2. The molecule has 2 rings (SSSR count). The Morgan fingerprint density at radius 3 is 2.50 bits per heavy atom. The van der Waals surface area contributed by atoms with Crippen molar-refractivity contribution in [1.82, 2.24) is 0 Å². The number of hydrogen-bond donors (Lipinski definition) is 5. The van der Waals surface area contributed by atoms with Gasteiger partial charge in [0.25, 0.3) is 0 Å². The largest absolute Gasteiger partial charge is 0.398 e. The van der Waals surface area contributed by atoms with Crippen LogP contribution in [0.3, 0.4) is 0 Å². The van der Waals surface area contributed by atoms with Crippen LogP contribution >= 0.6 is 0 Å². The van der Waals surface area contributed by atoms with E-state index in [0.717, 1.165) is 22.6 Å². The lowest BCUT2D eigenvalue weighted by molar-refractivity contribution is 0.311. The molecule has 106 valence electrons. The summed E-state index contributed by atoms with van der Waals surface area (Å²) in [5.74, 6) is 0. The number of para-hydroxylation sites is 2. The predicted molar refractivity (Wildman–Crippen MR) is 84.6 cm³/mol. The molecule has 0 aromatic heterocycles. The van der Waals surface area contributed by atoms with Crippen LogP contribution in [-0.4, -0.2) is 18.3 Å². The lowest BCUT2D eigenvalue weighted by atomic mass is 10.1. The smallest absolute Gasteiger partial charge is 0.0604 e. The Balaban J connectivity index is 2.07. The molecule has 5 nitrogen and oxygen atoms in total. The maximum absolute atomic E-state index is 8.82. The normalized spacial score (nSPS) is 10.2. The van der Waals surface area contributed by atoms with Gasteiger partial charge in [-0.15, -0.1) is 0 Å². The summed E-state index contributed by atoms with van der Waals surface area (Å²) in [5.41, 5.74) is 16.1. The summed E-state index contributed by atoms with van der Waals surface area (Å²) in [6.45, 7) is 1.20. The Morgan fingerprint density at radius 2 is 1.75 bits per heavy atom. The van der Waals surface area contributed by atoms with Crippen molar-refractivity contribution in [2.24, 2.45) is 0 Å². The third kappa shape index (κ3) is 3.55. The van der Waals surface area contributed by atoms with Crippen molar-refractivity contribution in [2.75, 3.05) is 35.3 Å². The van der Waals surface area contributed by atoms with Gasteiger partial charge in [-0.2, -0.15) is 0 Å². The van der Waals surface area contributed by atoms with Crippen LogP contribution in [0.4, 0.5) is 22.7 Å². The van der Waals surface area contributed by atoms with E-state index in [4.69, 9.17) is 16.6 Å². The Labute approximate surface area is 118 Å². The molecule has 0 bridgehead atoms. The molecule has 7 N–H and O–H groups in total. The zero-order valence-corrected chi connectivity index (χ0v) is 11.3. The number of aliphatic hydroxyl groups is 1. The second-order valence-corrected chi connectivity index (χ2v) is 4.50. The summed E-state index contributed by atoms with van der Waals surface area (Å²) in [7, 11) is 0. The number of nitrogens with two attached hydrogens (primary N) is 2. The summed E-state index contributed by atoms with van der Waals surface area (Å²) in [4.78, 5) is 0. The predicted octanol–water partition coefficient (Wildman–Crippen LogP) is 1.87. The molecule has 0 aliphatic carbocycles. The van der Waals surface area contributed by atoms with Gasteiger partial charge in [0.2, 0.25) is 0 Å². The van der Waals surface area contributed by atoms with Gasteiger partial charge >= 0.3 is 0 Å². The van der Waals surface area contributed by atoms with Crippen molar-refractivity contribution in [3.05, 3.63) is 48.0 Å². The second kappa shape index (κ2) is 6.68. The standard InChI is InChI=1S/C15H20N4O/c16-13-6-5-12(18-7-8-20)9-11(13)10-19-15-4-2-1-3-14(15)17/h1-6,9,18-20H,7-8,10,16-17H2. The quantitative estimate of drug-likeness (QED) is 0.517. The topological polar surface area (TPSA) is 96.3 Å². The number of rotatable bonds is 6. The molecule has 2 aromatic carbocycles. The molecule has 0 saturated heterocycles. The third-order valence-electron chi connectivity index (χ3n) is 3.01. The van der Waals surface area contributed by atoms with Gasteiger partial charge in [0.05, 0.1) is 18.0 Å². The Kier molecular flexibility index (Phi) is 4.68. The van der Waals surface area contributed by atoms with E-state index in [-0.39, 0.29) is 6.61 Å². The Morgan fingerprint density at radius 1 is 0.950 bits per heavy atom. The minimum Gasteiger partial charge on any atom is -0.398 e. The van der Waals surface area contributed by atoms with E-state index in [1.807, 2.05) is 42.5 Å². The molecule has 0 fully saturated rings. The Hall–Kier alpha value is -2.40. The van der Waals surface area contributed by atoms with Crippen molar-refractivity contribution in [2.45, 2.75) is 6.54 Å². The lowest BCUT2D eigenvalue weighted by Crippen LogP contribution is -2.08. The summed E-state index contributed by atoms with van der Waals surface area (Å²) in [6.07, 6.45) is 0. The van der Waals surface area contributed by atoms with Crippen LogP contribution in [0, 0.1) is 0 Å². The van der Waals surface area contributed by atoms with Gasteiger partial charge in [0.1, 0.15) is 0 Å². The van der Waals surface area contributed by atoms with E-state index < -0.39 is 0 Å². The first-order valence-corrected chi connectivity index (χ1v) is 6.52. The maximum Gasteiger partial charge on any atom is 0.0604 e. The molecule has 0 saturated carbocycles. The first kappa shape index (κ1) is 14.0. The molecular formula is C15H20N4O. The highest BCUT2D eigenvalue weighted by Crippen LogP contribution is 2.21. The maximum atomic E-state index is 8.82. The van der Waals surface area contributed by atoms with Crippen LogP contribution < -0.4 is 22.1 Å². The van der Waals surface area contributed by atoms with Gasteiger partial charge in [0, 0.05) is 24.5 Å². The zero-order valence-electron chi connectivity index (χ0n) is 11.3. The molecular weight excluding hydrogens is 252 g/mol. The molecule has 0 amide bonds. The average Bonchev–Trinajstić information content (AvgIpc) is 2.46. The van der Waals surface area contributed by atoms with Crippen LogP contribution in [0.2, 0.25) is 0 Å². The number of nitrogen functional groups attached to an aromatic ring is 2. The minimum atomic E-state index is 0.0957. The van der Waals surface area contributed by atoms with Crippen LogP contribution in [-0.2, 0) is 6.54 Å². The fraction of sp³-hybridized carbons (Fsp3) is 0.200. The molecule has 0 aliphatic heterocycles. The molecule has 0 radical (unpaired) electrons. The van der Waals surface area contributed by atoms with Crippen molar-refractivity contribution in [1.29, 1.82) is 0 Å². The SMILES string of the molecule is Nc1ccc(NCCO)cc1CNc1ccccc1N. The average molecular weight is 272 g/mol. The number of anilines is 4. The summed E-state index contributed by atoms with van der Waals surface area (Å²) >= 11 is 0. The van der Waals surface area contributed by atoms with Crippen molar-refractivity contribution >= 4 is 22.7 Å². The molecule has 0 unspecified atom stereocenters. The molecule has 20 heavy (non-hydrogen) atoms. The molecule has 0 spiro atoms. The van der Waals surface area contributed by atoms with E-state index in [0.29, 0.717) is 18.8 Å². The summed E-state index contributed by atoms with van der Waals surface area (Å²) in [6, 6.07) is 13.3. The number of benzene rings is 2.